The number of nitrogen functional groups attached to an aromatic ring is 1. The summed E-state index contributed by atoms with van der Waals surface area (Å²) >= 11 is 0. The summed E-state index contributed by atoms with van der Waals surface area (Å²) in [5, 5.41) is 9.15. The minimum absolute atomic E-state index is 0.0221. The first-order valence-corrected chi connectivity index (χ1v) is 12.4. The lowest BCUT2D eigenvalue weighted by Crippen LogP contribution is -2.37. The lowest BCUT2D eigenvalue weighted by atomic mass is 9.75. The molecule has 0 saturated heterocycles. The van der Waals surface area contributed by atoms with Gasteiger partial charge in [-0.2, -0.15) is 18.2 Å². The highest BCUT2D eigenvalue weighted by Crippen LogP contribution is 2.39. The van der Waals surface area contributed by atoms with E-state index in [-0.39, 0.29) is 30.1 Å². The van der Waals surface area contributed by atoms with Crippen LogP contribution in [0.1, 0.15) is 24.5 Å². The molecule has 0 spiro atoms. The fourth-order valence-electron chi connectivity index (χ4n) is 4.41. The molecule has 206 valence electrons. The van der Waals surface area contributed by atoms with Gasteiger partial charge in [-0.1, -0.05) is 61.5 Å². The second-order valence-electron chi connectivity index (χ2n) is 9.72. The molecule has 1 unspecified atom stereocenters. The van der Waals surface area contributed by atoms with Crippen molar-refractivity contribution in [2.45, 2.75) is 43.5 Å². The number of anilines is 1. The number of benzene rings is 2. The number of aliphatic hydroxyl groups excluding tert-OH is 1. The predicted octanol–water partition coefficient (Wildman–Crippen LogP) is 4.75. The Morgan fingerprint density at radius 3 is 2.46 bits per heavy atom. The van der Waals surface area contributed by atoms with E-state index < -0.39 is 17.7 Å². The van der Waals surface area contributed by atoms with E-state index in [0.29, 0.717) is 29.8 Å². The average Bonchev–Trinajstić information content (AvgIpc) is 2.92. The first-order chi connectivity index (χ1) is 18.5. The van der Waals surface area contributed by atoms with Crippen molar-refractivity contribution >= 4 is 5.95 Å². The molecule has 0 saturated carbocycles. The van der Waals surface area contributed by atoms with Crippen LogP contribution in [-0.2, 0) is 11.8 Å². The number of alkyl halides is 3. The Balaban J connectivity index is 1.56. The van der Waals surface area contributed by atoms with Crippen molar-refractivity contribution in [2.24, 2.45) is 5.73 Å². The van der Waals surface area contributed by atoms with Crippen molar-refractivity contribution in [3.63, 3.8) is 0 Å². The van der Waals surface area contributed by atoms with Crippen LogP contribution in [0.15, 0.2) is 78.4 Å². The van der Waals surface area contributed by atoms with Gasteiger partial charge in [0.2, 0.25) is 17.9 Å². The maximum Gasteiger partial charge on any atom is 0.429 e. The number of hydrogen-bond acceptors (Lipinski definition) is 7. The minimum Gasteiger partial charge on any atom is -0.497 e. The van der Waals surface area contributed by atoms with E-state index in [1.54, 1.807) is 43.5 Å². The Hall–Kier alpha value is -3.89. The van der Waals surface area contributed by atoms with Gasteiger partial charge in [0.05, 0.1) is 19.4 Å². The number of nitrogens with zero attached hydrogens (tertiary/aromatic N) is 2. The van der Waals surface area contributed by atoms with Gasteiger partial charge in [0.25, 0.3) is 0 Å². The number of aromatic nitrogens is 2. The van der Waals surface area contributed by atoms with Crippen molar-refractivity contribution in [3.05, 3.63) is 89.5 Å². The number of allylic oxidation sites excluding steroid dienone is 2. The summed E-state index contributed by atoms with van der Waals surface area (Å²) < 4.78 is 53.3. The highest BCUT2D eigenvalue weighted by Gasteiger charge is 2.45. The SMILES string of the molecule is COc1cccc(C2(C)C=CC([C@@H](Oc3cc(-c4ccc(C[C@H](N)CO)cc4)nc(N)n3)C(F)(F)F)=CC2)c1. The molecule has 3 aromatic rings. The molecule has 1 aromatic heterocycles. The topological polar surface area (TPSA) is 117 Å². The van der Waals surface area contributed by atoms with E-state index in [9.17, 15) is 13.2 Å². The van der Waals surface area contributed by atoms with E-state index in [1.807, 2.05) is 31.2 Å². The molecule has 0 bridgehead atoms. The quantitative estimate of drug-likeness (QED) is 0.359. The third-order valence-corrected chi connectivity index (χ3v) is 6.68. The monoisotopic (exact) mass is 540 g/mol. The zero-order chi connectivity index (χ0) is 28.2. The molecule has 39 heavy (non-hydrogen) atoms. The first-order valence-electron chi connectivity index (χ1n) is 12.4. The molecule has 1 aliphatic rings. The van der Waals surface area contributed by atoms with Crippen molar-refractivity contribution in [2.75, 3.05) is 19.5 Å². The second kappa shape index (κ2) is 11.5. The fraction of sp³-hybridized carbons (Fsp3) is 0.310. The maximum atomic E-state index is 14.2. The summed E-state index contributed by atoms with van der Waals surface area (Å²) in [5.41, 5.74) is 13.8. The molecule has 1 aliphatic carbocycles. The van der Waals surface area contributed by atoms with Gasteiger partial charge in [-0.25, -0.2) is 4.98 Å². The van der Waals surface area contributed by atoms with Gasteiger partial charge in [0.1, 0.15) is 5.75 Å². The smallest absolute Gasteiger partial charge is 0.429 e. The molecule has 3 atom stereocenters. The highest BCUT2D eigenvalue weighted by atomic mass is 19.4. The van der Waals surface area contributed by atoms with E-state index in [1.165, 1.54) is 12.1 Å². The molecule has 0 aliphatic heterocycles. The maximum absolute atomic E-state index is 14.2. The highest BCUT2D eigenvalue weighted by molar-refractivity contribution is 5.61. The molecule has 0 radical (unpaired) electrons. The number of methoxy groups -OCH3 is 1. The fourth-order valence-corrected chi connectivity index (χ4v) is 4.41. The van der Waals surface area contributed by atoms with Crippen molar-refractivity contribution < 1.29 is 27.8 Å². The third kappa shape index (κ3) is 6.76. The molecular weight excluding hydrogens is 509 g/mol. The minimum atomic E-state index is -4.70. The van der Waals surface area contributed by atoms with Crippen LogP contribution in [0, 0.1) is 0 Å². The van der Waals surface area contributed by atoms with E-state index in [0.717, 1.165) is 11.1 Å². The summed E-state index contributed by atoms with van der Waals surface area (Å²) in [5.74, 6) is 0.170. The van der Waals surface area contributed by atoms with Crippen LogP contribution < -0.4 is 20.9 Å². The van der Waals surface area contributed by atoms with Gasteiger partial charge < -0.3 is 26.0 Å². The van der Waals surface area contributed by atoms with E-state index in [4.69, 9.17) is 26.0 Å². The van der Waals surface area contributed by atoms with Crippen molar-refractivity contribution in [1.29, 1.82) is 0 Å². The number of rotatable bonds is 9. The zero-order valence-corrected chi connectivity index (χ0v) is 21.7. The Kier molecular flexibility index (Phi) is 8.27. The van der Waals surface area contributed by atoms with Crippen LogP contribution in [0.4, 0.5) is 19.1 Å². The summed E-state index contributed by atoms with van der Waals surface area (Å²) in [7, 11) is 1.57. The van der Waals surface area contributed by atoms with Gasteiger partial charge in [0.15, 0.2) is 0 Å². The molecule has 0 amide bonds. The van der Waals surface area contributed by atoms with Crippen LogP contribution in [0.2, 0.25) is 0 Å². The Morgan fingerprint density at radius 2 is 1.85 bits per heavy atom. The normalized spacial score (nSPS) is 18.8. The van der Waals surface area contributed by atoms with Crippen LogP contribution >= 0.6 is 0 Å². The molecule has 0 fully saturated rings. The van der Waals surface area contributed by atoms with Gasteiger partial charge in [-0.05, 0) is 41.7 Å². The number of aliphatic hydroxyl groups is 1. The Labute approximate surface area is 225 Å². The molecule has 5 N–H and O–H groups in total. The lowest BCUT2D eigenvalue weighted by molar-refractivity contribution is -0.183. The Bertz CT molecular complexity index is 1360. The number of halogens is 3. The lowest BCUT2D eigenvalue weighted by Gasteiger charge is -2.31. The molecule has 1 heterocycles. The molecule has 10 heteroatoms. The summed E-state index contributed by atoms with van der Waals surface area (Å²) in [6.45, 7) is 1.81. The van der Waals surface area contributed by atoms with E-state index in [2.05, 4.69) is 9.97 Å². The first kappa shape index (κ1) is 28.1. The zero-order valence-electron chi connectivity index (χ0n) is 21.7. The van der Waals surface area contributed by atoms with Crippen molar-refractivity contribution in [3.8, 4) is 22.9 Å². The van der Waals surface area contributed by atoms with Crippen LogP contribution in [0.25, 0.3) is 11.3 Å². The van der Waals surface area contributed by atoms with Gasteiger partial charge in [0, 0.05) is 23.1 Å². The van der Waals surface area contributed by atoms with Crippen LogP contribution in [-0.4, -0.2) is 47.1 Å². The van der Waals surface area contributed by atoms with Crippen LogP contribution in [0.5, 0.6) is 11.6 Å². The number of nitrogens with two attached hydrogens (primary N) is 2. The average molecular weight is 541 g/mol. The Morgan fingerprint density at radius 1 is 1.10 bits per heavy atom. The molecule has 7 nitrogen and oxygen atoms in total. The molecule has 2 aromatic carbocycles. The third-order valence-electron chi connectivity index (χ3n) is 6.68. The standard InChI is InChI=1S/C29H31F3N4O3/c1-28(21-4-3-5-23(15-21)38-2)12-10-20(11-13-28)26(29(30,31)32)39-25-16-24(35-27(34)36-25)19-8-6-18(7-9-19)14-22(33)17-37/h3-12,15-16,22,26,37H,13-14,17,33H2,1-2H3,(H2,34,35,36)/t22-,26+,28?/m0/s1. The van der Waals surface area contributed by atoms with Gasteiger partial charge in [-0.15, -0.1) is 0 Å². The van der Waals surface area contributed by atoms with E-state index >= 15 is 0 Å². The number of ether oxygens (including phenoxy) is 2. The molecular formula is C29H31F3N4O3. The summed E-state index contributed by atoms with van der Waals surface area (Å²) in [6.07, 6.45) is -1.39. The van der Waals surface area contributed by atoms with Gasteiger partial charge >= 0.3 is 6.18 Å². The largest absolute Gasteiger partial charge is 0.497 e. The molecule has 4 rings (SSSR count). The van der Waals surface area contributed by atoms with Gasteiger partial charge in [-0.3, -0.25) is 0 Å². The summed E-state index contributed by atoms with van der Waals surface area (Å²) in [4.78, 5) is 8.07. The summed E-state index contributed by atoms with van der Waals surface area (Å²) in [6, 6.07) is 15.5. The van der Waals surface area contributed by atoms with Crippen molar-refractivity contribution in [1.82, 2.24) is 9.97 Å². The van der Waals surface area contributed by atoms with Crippen LogP contribution in [0.3, 0.4) is 0 Å². The predicted molar refractivity (Wildman–Crippen MR) is 143 cm³/mol. The second-order valence-corrected chi connectivity index (χ2v) is 9.72. The number of hydrogen-bond donors (Lipinski definition) is 3.